The van der Waals surface area contributed by atoms with E-state index in [2.05, 4.69) is 0 Å². The fraction of sp³-hybridized carbons (Fsp3) is 0.111. The summed E-state index contributed by atoms with van der Waals surface area (Å²) in [7, 11) is 1.48. The van der Waals surface area contributed by atoms with Gasteiger partial charge in [-0.15, -0.1) is 0 Å². The molecule has 1 aromatic heterocycles. The van der Waals surface area contributed by atoms with Gasteiger partial charge in [0.15, 0.2) is 22.9 Å². The van der Waals surface area contributed by atoms with Gasteiger partial charge in [-0.1, -0.05) is 42.5 Å². The fourth-order valence-electron chi connectivity index (χ4n) is 4.31. The van der Waals surface area contributed by atoms with Crippen molar-refractivity contribution < 1.29 is 28.2 Å². The van der Waals surface area contributed by atoms with Gasteiger partial charge in [0, 0.05) is 16.6 Å². The largest absolute Gasteiger partial charge is 0.503 e. The molecule has 0 aliphatic carbocycles. The fourth-order valence-corrected chi connectivity index (χ4v) is 4.31. The second-order valence-electron chi connectivity index (χ2n) is 8.02. The second kappa shape index (κ2) is 8.19. The van der Waals surface area contributed by atoms with Crippen LogP contribution in [-0.4, -0.2) is 23.9 Å². The molecule has 0 radical (unpaired) electrons. The maximum Gasteiger partial charge on any atom is 0.294 e. The standard InChI is InChI=1S/C27H20FNO5/c1-15-7-5-9-17(13-15)29-23(18-10-3-4-11-19(18)28)22(25(31)27(29)32)24(30)21-14-16-8-6-12-20(33-2)26(16)34-21/h3-14,23,31H,1-2H3. The lowest BCUT2D eigenvalue weighted by Gasteiger charge is -2.27. The second-order valence-corrected chi connectivity index (χ2v) is 8.02. The third-order valence-corrected chi connectivity index (χ3v) is 5.88. The number of aliphatic hydroxyl groups excluding tert-OH is 1. The van der Waals surface area contributed by atoms with Crippen molar-refractivity contribution in [3.05, 3.63) is 107 Å². The molecule has 1 aliphatic heterocycles. The van der Waals surface area contributed by atoms with Crippen LogP contribution in [0.2, 0.25) is 0 Å². The van der Waals surface area contributed by atoms with Gasteiger partial charge in [0.05, 0.1) is 18.7 Å². The van der Waals surface area contributed by atoms with Gasteiger partial charge in [0.1, 0.15) is 5.82 Å². The monoisotopic (exact) mass is 457 g/mol. The molecular weight excluding hydrogens is 437 g/mol. The van der Waals surface area contributed by atoms with E-state index in [-0.39, 0.29) is 16.9 Å². The predicted octanol–water partition coefficient (Wildman–Crippen LogP) is 5.67. The zero-order valence-corrected chi connectivity index (χ0v) is 18.4. The third-order valence-electron chi connectivity index (χ3n) is 5.88. The van der Waals surface area contributed by atoms with E-state index in [1.165, 1.54) is 36.3 Å². The van der Waals surface area contributed by atoms with Crippen molar-refractivity contribution in [1.82, 2.24) is 0 Å². The summed E-state index contributed by atoms with van der Waals surface area (Å²) in [6.45, 7) is 1.85. The number of para-hydroxylation sites is 1. The summed E-state index contributed by atoms with van der Waals surface area (Å²) in [4.78, 5) is 28.1. The Balaban J connectivity index is 1.69. The van der Waals surface area contributed by atoms with Gasteiger partial charge in [-0.3, -0.25) is 14.5 Å². The summed E-state index contributed by atoms with van der Waals surface area (Å²) in [5.41, 5.74) is 1.48. The summed E-state index contributed by atoms with van der Waals surface area (Å²) >= 11 is 0. The number of ketones is 1. The maximum absolute atomic E-state index is 15.0. The van der Waals surface area contributed by atoms with Crippen molar-refractivity contribution in [3.63, 3.8) is 0 Å². The van der Waals surface area contributed by atoms with Gasteiger partial charge < -0.3 is 14.3 Å². The van der Waals surface area contributed by atoms with E-state index in [0.29, 0.717) is 22.4 Å². The van der Waals surface area contributed by atoms with Crippen LogP contribution in [0.25, 0.3) is 11.0 Å². The Bertz CT molecular complexity index is 1490. The summed E-state index contributed by atoms with van der Waals surface area (Å²) in [5, 5.41) is 11.5. The molecule has 0 spiro atoms. The van der Waals surface area contributed by atoms with Crippen molar-refractivity contribution in [3.8, 4) is 5.75 Å². The molecule has 2 heterocycles. The summed E-state index contributed by atoms with van der Waals surface area (Å²) in [6.07, 6.45) is 0. The number of furan rings is 1. The number of benzene rings is 3. The molecule has 1 aliphatic rings. The van der Waals surface area contributed by atoms with Gasteiger partial charge in [-0.25, -0.2) is 4.39 Å². The highest BCUT2D eigenvalue weighted by atomic mass is 19.1. The molecule has 1 amide bonds. The van der Waals surface area contributed by atoms with E-state index in [1.54, 1.807) is 42.5 Å². The number of hydrogen-bond acceptors (Lipinski definition) is 5. The molecule has 5 rings (SSSR count). The van der Waals surface area contributed by atoms with E-state index in [1.807, 2.05) is 13.0 Å². The van der Waals surface area contributed by atoms with Crippen LogP contribution >= 0.6 is 0 Å². The first-order chi connectivity index (χ1) is 16.4. The van der Waals surface area contributed by atoms with Crippen LogP contribution in [0.1, 0.15) is 27.7 Å². The molecule has 0 bridgehead atoms. The number of carbonyl (C=O) groups is 2. The molecule has 0 fully saturated rings. The van der Waals surface area contributed by atoms with Crippen molar-refractivity contribution in [2.45, 2.75) is 13.0 Å². The molecule has 170 valence electrons. The number of amides is 1. The number of aliphatic hydroxyl groups is 1. The SMILES string of the molecule is COc1cccc2cc(C(=O)C3=C(O)C(=O)N(c4cccc(C)c4)C3c3ccccc3F)oc12. The summed E-state index contributed by atoms with van der Waals surface area (Å²) < 4.78 is 26.1. The number of carbonyl (C=O) groups excluding carboxylic acids is 2. The number of hydrogen-bond donors (Lipinski definition) is 1. The number of methoxy groups -OCH3 is 1. The number of halogens is 1. The number of anilines is 1. The molecule has 3 aromatic carbocycles. The highest BCUT2D eigenvalue weighted by Crippen LogP contribution is 2.43. The minimum absolute atomic E-state index is 0.0819. The number of nitrogens with zero attached hydrogens (tertiary/aromatic N) is 1. The van der Waals surface area contributed by atoms with E-state index in [9.17, 15) is 19.1 Å². The Hall–Kier alpha value is -4.39. The van der Waals surface area contributed by atoms with Crippen LogP contribution < -0.4 is 9.64 Å². The van der Waals surface area contributed by atoms with Crippen LogP contribution in [0.15, 0.2) is 88.5 Å². The van der Waals surface area contributed by atoms with Crippen LogP contribution in [0.3, 0.4) is 0 Å². The Morgan fingerprint density at radius 2 is 1.82 bits per heavy atom. The molecule has 6 nitrogen and oxygen atoms in total. The lowest BCUT2D eigenvalue weighted by atomic mass is 9.94. The van der Waals surface area contributed by atoms with E-state index in [0.717, 1.165) is 5.56 Å². The highest BCUT2D eigenvalue weighted by molar-refractivity contribution is 6.20. The number of rotatable bonds is 5. The van der Waals surface area contributed by atoms with Crippen molar-refractivity contribution in [2.24, 2.45) is 0 Å². The number of Topliss-reactive ketones (excluding diaryl/α,β-unsaturated/α-hetero) is 1. The van der Waals surface area contributed by atoms with Gasteiger partial charge in [-0.2, -0.15) is 0 Å². The van der Waals surface area contributed by atoms with Gasteiger partial charge in [0.2, 0.25) is 5.78 Å². The molecule has 4 aromatic rings. The lowest BCUT2D eigenvalue weighted by molar-refractivity contribution is -0.117. The van der Waals surface area contributed by atoms with Crippen LogP contribution in [0.4, 0.5) is 10.1 Å². The Kier molecular flexibility index (Phi) is 5.17. The first-order valence-corrected chi connectivity index (χ1v) is 10.6. The van der Waals surface area contributed by atoms with E-state index >= 15 is 0 Å². The maximum atomic E-state index is 15.0. The zero-order valence-electron chi connectivity index (χ0n) is 18.4. The van der Waals surface area contributed by atoms with Gasteiger partial charge in [0.25, 0.3) is 5.91 Å². The molecule has 1 atom stereocenters. The molecule has 1 unspecified atom stereocenters. The van der Waals surface area contributed by atoms with Crippen molar-refractivity contribution in [1.29, 1.82) is 0 Å². The third kappa shape index (κ3) is 3.33. The minimum atomic E-state index is -1.18. The summed E-state index contributed by atoms with van der Waals surface area (Å²) in [5.74, 6) is -2.52. The zero-order chi connectivity index (χ0) is 24.0. The molecule has 34 heavy (non-hydrogen) atoms. The van der Waals surface area contributed by atoms with Crippen molar-refractivity contribution in [2.75, 3.05) is 12.0 Å². The Labute approximate surface area is 194 Å². The molecular formula is C27H20FNO5. The molecule has 7 heteroatoms. The van der Waals surface area contributed by atoms with E-state index in [4.69, 9.17) is 9.15 Å². The first kappa shape index (κ1) is 21.5. The Morgan fingerprint density at radius 1 is 1.06 bits per heavy atom. The number of fused-ring (bicyclic) bond motifs is 1. The van der Waals surface area contributed by atoms with Crippen LogP contribution in [-0.2, 0) is 4.79 Å². The highest BCUT2D eigenvalue weighted by Gasteiger charge is 2.46. The quantitative estimate of drug-likeness (QED) is 0.391. The van der Waals surface area contributed by atoms with E-state index < -0.39 is 29.3 Å². The van der Waals surface area contributed by atoms with Crippen LogP contribution in [0, 0.1) is 12.7 Å². The average Bonchev–Trinajstić information content (AvgIpc) is 3.38. The molecule has 0 saturated heterocycles. The predicted molar refractivity (Wildman–Crippen MR) is 125 cm³/mol. The number of ether oxygens (including phenoxy) is 1. The lowest BCUT2D eigenvalue weighted by Crippen LogP contribution is -2.31. The normalized spacial score (nSPS) is 15.9. The topological polar surface area (TPSA) is 80.0 Å². The smallest absolute Gasteiger partial charge is 0.294 e. The average molecular weight is 457 g/mol. The Morgan fingerprint density at radius 3 is 2.56 bits per heavy atom. The molecule has 0 saturated carbocycles. The van der Waals surface area contributed by atoms with Gasteiger partial charge >= 0.3 is 0 Å². The number of aryl methyl sites for hydroxylation is 1. The van der Waals surface area contributed by atoms with Gasteiger partial charge in [-0.05, 0) is 42.8 Å². The minimum Gasteiger partial charge on any atom is -0.503 e. The first-order valence-electron chi connectivity index (χ1n) is 10.6. The van der Waals surface area contributed by atoms with Crippen molar-refractivity contribution >= 4 is 28.3 Å². The van der Waals surface area contributed by atoms with Crippen LogP contribution in [0.5, 0.6) is 5.75 Å². The summed E-state index contributed by atoms with van der Waals surface area (Å²) in [6, 6.07) is 18.4. The molecule has 1 N–H and O–H groups in total.